The van der Waals surface area contributed by atoms with E-state index in [1.807, 2.05) is 0 Å². The van der Waals surface area contributed by atoms with Crippen LogP contribution in [0.5, 0.6) is 0 Å². The topological polar surface area (TPSA) is 84.6 Å². The third kappa shape index (κ3) is 3.05. The molecule has 0 aliphatic carbocycles. The van der Waals surface area contributed by atoms with Crippen molar-refractivity contribution in [3.05, 3.63) is 62.5 Å². The van der Waals surface area contributed by atoms with Gasteiger partial charge in [-0.25, -0.2) is 0 Å². The van der Waals surface area contributed by atoms with Crippen LogP contribution in [0.4, 0.5) is 22.7 Å². The Kier molecular flexibility index (Phi) is 3.72. The largest absolute Gasteiger partial charge is 0.354 e. The normalized spacial score (nSPS) is 9.95. The number of rotatable bonds is 4. The van der Waals surface area contributed by atoms with Gasteiger partial charge >= 0.3 is 0 Å². The quantitative estimate of drug-likeness (QED) is 0.510. The summed E-state index contributed by atoms with van der Waals surface area (Å²) < 4.78 is 0. The van der Waals surface area contributed by atoms with E-state index in [4.69, 9.17) is 11.6 Å². The summed E-state index contributed by atoms with van der Waals surface area (Å²) in [6.07, 6.45) is 0. The van der Waals surface area contributed by atoms with E-state index < -0.39 is 4.92 Å². The molecule has 0 bridgehead atoms. The summed E-state index contributed by atoms with van der Waals surface area (Å²) in [6.45, 7) is 0. The smallest absolute Gasteiger partial charge is 0.271 e. The van der Waals surface area contributed by atoms with Gasteiger partial charge in [0.15, 0.2) is 0 Å². The van der Waals surface area contributed by atoms with Gasteiger partial charge in [0.25, 0.3) is 5.69 Å². The zero-order valence-electron chi connectivity index (χ0n) is 9.54. The number of hydrogen-bond acceptors (Lipinski definition) is 5. The lowest BCUT2D eigenvalue weighted by Crippen LogP contribution is -1.93. The molecule has 6 nitrogen and oxygen atoms in total. The van der Waals surface area contributed by atoms with Crippen LogP contribution in [0.25, 0.3) is 0 Å². The van der Waals surface area contributed by atoms with Crippen molar-refractivity contribution in [3.63, 3.8) is 0 Å². The van der Waals surface area contributed by atoms with E-state index in [-0.39, 0.29) is 10.7 Å². The van der Waals surface area contributed by atoms with Crippen molar-refractivity contribution in [1.29, 1.82) is 0 Å². The summed E-state index contributed by atoms with van der Waals surface area (Å²) in [5.74, 6) is 0. The van der Waals surface area contributed by atoms with Gasteiger partial charge in [-0.1, -0.05) is 11.6 Å². The van der Waals surface area contributed by atoms with E-state index in [0.717, 1.165) is 0 Å². The molecule has 0 saturated carbocycles. The third-order valence-corrected chi connectivity index (χ3v) is 2.73. The van der Waals surface area contributed by atoms with Crippen molar-refractivity contribution in [2.75, 3.05) is 5.32 Å². The van der Waals surface area contributed by atoms with E-state index in [2.05, 4.69) is 10.5 Å². The predicted molar refractivity (Wildman–Crippen MR) is 73.3 cm³/mol. The SMILES string of the molecule is O=Nc1ccc(Nc2ccc([N+](=O)[O-])cc2Cl)cc1. The summed E-state index contributed by atoms with van der Waals surface area (Å²) in [6, 6.07) is 10.6. The van der Waals surface area contributed by atoms with Crippen LogP contribution in [0.3, 0.4) is 0 Å². The molecular weight excluding hydrogens is 270 g/mol. The van der Waals surface area contributed by atoms with Crippen LogP contribution in [0.15, 0.2) is 47.6 Å². The van der Waals surface area contributed by atoms with E-state index in [1.54, 1.807) is 24.3 Å². The van der Waals surface area contributed by atoms with Crippen LogP contribution < -0.4 is 5.32 Å². The Balaban J connectivity index is 2.22. The van der Waals surface area contributed by atoms with Crippen molar-refractivity contribution in [2.24, 2.45) is 5.18 Å². The van der Waals surface area contributed by atoms with Crippen LogP contribution >= 0.6 is 11.6 Å². The van der Waals surface area contributed by atoms with Crippen LogP contribution in [0.1, 0.15) is 0 Å². The number of nitro groups is 1. The Labute approximate surface area is 113 Å². The molecule has 0 aliphatic rings. The molecule has 0 spiro atoms. The van der Waals surface area contributed by atoms with Crippen molar-refractivity contribution < 1.29 is 4.92 Å². The van der Waals surface area contributed by atoms with Crippen molar-refractivity contribution in [2.45, 2.75) is 0 Å². The van der Waals surface area contributed by atoms with E-state index in [1.165, 1.54) is 18.2 Å². The molecule has 19 heavy (non-hydrogen) atoms. The number of nitroso groups, excluding NO2 is 1. The fourth-order valence-electron chi connectivity index (χ4n) is 1.48. The van der Waals surface area contributed by atoms with Crippen molar-refractivity contribution in [3.8, 4) is 0 Å². The summed E-state index contributed by atoms with van der Waals surface area (Å²) in [5, 5.41) is 16.6. The van der Waals surface area contributed by atoms with Gasteiger partial charge in [0.05, 0.1) is 15.6 Å². The molecule has 96 valence electrons. The maximum Gasteiger partial charge on any atom is 0.271 e. The minimum absolute atomic E-state index is 0.0731. The monoisotopic (exact) mass is 277 g/mol. The number of hydrogen-bond donors (Lipinski definition) is 1. The minimum atomic E-state index is -0.514. The molecular formula is C12H8ClN3O3. The number of nitrogens with one attached hydrogen (secondary N) is 1. The number of non-ortho nitro benzene ring substituents is 1. The second-order valence-electron chi connectivity index (χ2n) is 3.68. The van der Waals surface area contributed by atoms with E-state index in [9.17, 15) is 15.0 Å². The molecule has 7 heteroatoms. The fourth-order valence-corrected chi connectivity index (χ4v) is 1.70. The molecule has 0 atom stereocenters. The molecule has 0 heterocycles. The summed E-state index contributed by atoms with van der Waals surface area (Å²) in [5.41, 5.74) is 1.48. The highest BCUT2D eigenvalue weighted by Gasteiger charge is 2.09. The Morgan fingerprint density at radius 2 is 1.84 bits per heavy atom. The van der Waals surface area contributed by atoms with Crippen molar-refractivity contribution >= 4 is 34.4 Å². The summed E-state index contributed by atoms with van der Waals surface area (Å²) >= 11 is 5.95. The molecule has 0 amide bonds. The number of halogens is 1. The van der Waals surface area contributed by atoms with Gasteiger partial charge in [0.2, 0.25) is 0 Å². The maximum absolute atomic E-state index is 10.6. The fraction of sp³-hybridized carbons (Fsp3) is 0. The number of benzene rings is 2. The highest BCUT2D eigenvalue weighted by molar-refractivity contribution is 6.33. The van der Waals surface area contributed by atoms with E-state index in [0.29, 0.717) is 17.1 Å². The summed E-state index contributed by atoms with van der Waals surface area (Å²) in [4.78, 5) is 20.3. The first-order valence-corrected chi connectivity index (χ1v) is 5.62. The highest BCUT2D eigenvalue weighted by Crippen LogP contribution is 2.29. The first kappa shape index (κ1) is 13.0. The molecule has 0 saturated heterocycles. The van der Waals surface area contributed by atoms with Crippen LogP contribution in [-0.2, 0) is 0 Å². The number of nitrogens with zero attached hydrogens (tertiary/aromatic N) is 2. The second kappa shape index (κ2) is 5.45. The average molecular weight is 278 g/mol. The van der Waals surface area contributed by atoms with Gasteiger partial charge in [-0.05, 0) is 35.5 Å². The first-order valence-electron chi connectivity index (χ1n) is 5.24. The first-order chi connectivity index (χ1) is 9.10. The molecule has 0 fully saturated rings. The molecule has 0 unspecified atom stereocenters. The van der Waals surface area contributed by atoms with Gasteiger partial charge in [-0.15, -0.1) is 4.91 Å². The lowest BCUT2D eigenvalue weighted by Gasteiger charge is -2.08. The molecule has 2 aromatic rings. The Hall–Kier alpha value is -2.47. The minimum Gasteiger partial charge on any atom is -0.354 e. The van der Waals surface area contributed by atoms with Gasteiger partial charge in [-0.3, -0.25) is 10.1 Å². The lowest BCUT2D eigenvalue weighted by molar-refractivity contribution is -0.384. The molecule has 2 rings (SSSR count). The van der Waals surface area contributed by atoms with Crippen molar-refractivity contribution in [1.82, 2.24) is 0 Å². The van der Waals surface area contributed by atoms with Crippen LogP contribution in [0.2, 0.25) is 5.02 Å². The molecule has 0 aromatic heterocycles. The standard InChI is InChI=1S/C12H8ClN3O3/c13-11-7-10(16(18)19)5-6-12(11)14-8-1-3-9(15-17)4-2-8/h1-7,14H. The predicted octanol–water partition coefficient (Wildman–Crippen LogP) is 4.39. The van der Waals surface area contributed by atoms with Gasteiger partial charge in [0.1, 0.15) is 5.69 Å². The Morgan fingerprint density at radius 1 is 1.16 bits per heavy atom. The molecule has 0 aliphatic heterocycles. The summed E-state index contributed by atoms with van der Waals surface area (Å²) in [7, 11) is 0. The number of nitro benzene ring substituents is 1. The zero-order chi connectivity index (χ0) is 13.8. The van der Waals surface area contributed by atoms with Gasteiger partial charge in [0, 0.05) is 17.8 Å². The second-order valence-corrected chi connectivity index (χ2v) is 4.09. The average Bonchev–Trinajstić information content (AvgIpc) is 2.41. The van der Waals surface area contributed by atoms with Gasteiger partial charge in [-0.2, -0.15) is 0 Å². The van der Waals surface area contributed by atoms with E-state index >= 15 is 0 Å². The maximum atomic E-state index is 10.6. The molecule has 0 radical (unpaired) electrons. The molecule has 1 N–H and O–H groups in total. The Morgan fingerprint density at radius 3 is 2.37 bits per heavy atom. The molecule has 2 aromatic carbocycles. The third-order valence-electron chi connectivity index (χ3n) is 2.42. The zero-order valence-corrected chi connectivity index (χ0v) is 10.3. The van der Waals surface area contributed by atoms with Crippen LogP contribution in [0, 0.1) is 15.0 Å². The highest BCUT2D eigenvalue weighted by atomic mass is 35.5. The van der Waals surface area contributed by atoms with Gasteiger partial charge < -0.3 is 5.32 Å². The van der Waals surface area contributed by atoms with Crippen LogP contribution in [-0.4, -0.2) is 4.92 Å². The Bertz CT molecular complexity index is 629. The number of anilines is 2. The lowest BCUT2D eigenvalue weighted by atomic mass is 10.2.